The van der Waals surface area contributed by atoms with E-state index >= 15 is 0 Å². The zero-order chi connectivity index (χ0) is 14.7. The number of benzene rings is 1. The Hall–Kier alpha value is -1.35. The summed E-state index contributed by atoms with van der Waals surface area (Å²) >= 11 is 0. The number of aryl methyl sites for hydroxylation is 1. The van der Waals surface area contributed by atoms with Crippen LogP contribution >= 0.6 is 0 Å². The molecule has 0 aliphatic heterocycles. The lowest BCUT2D eigenvalue weighted by molar-refractivity contribution is -0.123. The van der Waals surface area contributed by atoms with Crippen molar-refractivity contribution in [2.45, 2.75) is 45.6 Å². The van der Waals surface area contributed by atoms with Gasteiger partial charge in [-0.05, 0) is 42.7 Å². The Morgan fingerprint density at radius 3 is 2.70 bits per heavy atom. The summed E-state index contributed by atoms with van der Waals surface area (Å²) in [6.07, 6.45) is 1.58. The van der Waals surface area contributed by atoms with Gasteiger partial charge in [0.1, 0.15) is 0 Å². The van der Waals surface area contributed by atoms with Crippen molar-refractivity contribution in [3.8, 4) is 0 Å². The molecule has 3 nitrogen and oxygen atoms in total. The molecule has 0 radical (unpaired) electrons. The van der Waals surface area contributed by atoms with Crippen LogP contribution in [-0.2, 0) is 4.79 Å². The molecule has 20 heavy (non-hydrogen) atoms. The van der Waals surface area contributed by atoms with Crippen LogP contribution in [0.4, 0.5) is 0 Å². The van der Waals surface area contributed by atoms with Crippen molar-refractivity contribution in [1.29, 1.82) is 0 Å². The molecule has 0 bridgehead atoms. The number of carbonyl (C=O) groups is 1. The third-order valence-electron chi connectivity index (χ3n) is 4.29. The number of hydrogen-bond donors (Lipinski definition) is 2. The normalized spacial score (nSPS) is 22.6. The average Bonchev–Trinajstić information content (AvgIpc) is 3.18. The Morgan fingerprint density at radius 1 is 1.40 bits per heavy atom. The van der Waals surface area contributed by atoms with E-state index in [0.29, 0.717) is 18.3 Å². The molecule has 3 atom stereocenters. The molecule has 1 amide bonds. The Morgan fingerprint density at radius 2 is 2.10 bits per heavy atom. The molecule has 1 aliphatic rings. The molecule has 0 aromatic heterocycles. The van der Waals surface area contributed by atoms with Crippen LogP contribution in [0, 0.1) is 18.8 Å². The minimum atomic E-state index is 0.0746. The minimum absolute atomic E-state index is 0.0746. The lowest BCUT2D eigenvalue weighted by Gasteiger charge is -2.21. The van der Waals surface area contributed by atoms with Crippen LogP contribution in [0.25, 0.3) is 0 Å². The van der Waals surface area contributed by atoms with Gasteiger partial charge in [-0.1, -0.05) is 38.1 Å². The molecular formula is C17H25NO2. The van der Waals surface area contributed by atoms with Crippen molar-refractivity contribution < 1.29 is 9.90 Å². The van der Waals surface area contributed by atoms with Crippen LogP contribution in [0.1, 0.15) is 43.7 Å². The number of aliphatic hydroxyl groups is 1. The zero-order valence-corrected chi connectivity index (χ0v) is 12.6. The van der Waals surface area contributed by atoms with Crippen molar-refractivity contribution >= 4 is 5.91 Å². The van der Waals surface area contributed by atoms with Crippen molar-refractivity contribution in [2.24, 2.45) is 11.8 Å². The molecule has 1 saturated carbocycles. The highest BCUT2D eigenvalue weighted by Gasteiger charge is 2.44. The predicted molar refractivity (Wildman–Crippen MR) is 80.5 cm³/mol. The highest BCUT2D eigenvalue weighted by molar-refractivity contribution is 5.83. The van der Waals surface area contributed by atoms with Crippen molar-refractivity contribution in [2.75, 3.05) is 6.61 Å². The number of aliphatic hydroxyl groups excluding tert-OH is 1. The van der Waals surface area contributed by atoms with Crippen LogP contribution in [-0.4, -0.2) is 23.7 Å². The minimum Gasteiger partial charge on any atom is -0.396 e. The highest BCUT2D eigenvalue weighted by atomic mass is 16.3. The van der Waals surface area contributed by atoms with Crippen LogP contribution in [0.3, 0.4) is 0 Å². The van der Waals surface area contributed by atoms with Gasteiger partial charge in [-0.2, -0.15) is 0 Å². The monoisotopic (exact) mass is 275 g/mol. The summed E-state index contributed by atoms with van der Waals surface area (Å²) in [7, 11) is 0. The first-order valence-electron chi connectivity index (χ1n) is 7.51. The van der Waals surface area contributed by atoms with Crippen LogP contribution in [0.2, 0.25) is 0 Å². The maximum Gasteiger partial charge on any atom is 0.223 e. The van der Waals surface area contributed by atoms with E-state index in [1.807, 2.05) is 12.1 Å². The van der Waals surface area contributed by atoms with E-state index < -0.39 is 0 Å². The third-order valence-corrected chi connectivity index (χ3v) is 4.29. The molecule has 3 heteroatoms. The number of amides is 1. The van der Waals surface area contributed by atoms with Gasteiger partial charge in [0.25, 0.3) is 0 Å². The van der Waals surface area contributed by atoms with Crippen molar-refractivity contribution in [1.82, 2.24) is 5.32 Å². The van der Waals surface area contributed by atoms with Gasteiger partial charge in [-0.25, -0.2) is 0 Å². The van der Waals surface area contributed by atoms with Gasteiger partial charge >= 0.3 is 0 Å². The van der Waals surface area contributed by atoms with E-state index in [2.05, 4.69) is 38.2 Å². The van der Waals surface area contributed by atoms with E-state index in [4.69, 9.17) is 5.11 Å². The van der Waals surface area contributed by atoms with E-state index in [9.17, 15) is 4.79 Å². The average molecular weight is 275 g/mol. The van der Waals surface area contributed by atoms with E-state index in [1.54, 1.807) is 0 Å². The van der Waals surface area contributed by atoms with Gasteiger partial charge in [0.2, 0.25) is 5.91 Å². The summed E-state index contributed by atoms with van der Waals surface area (Å²) in [5.41, 5.74) is 2.57. The topological polar surface area (TPSA) is 49.3 Å². The molecule has 0 saturated heterocycles. The smallest absolute Gasteiger partial charge is 0.223 e. The van der Waals surface area contributed by atoms with Gasteiger partial charge in [0.15, 0.2) is 0 Å². The summed E-state index contributed by atoms with van der Waals surface area (Å²) in [6.45, 7) is 6.37. The third kappa shape index (κ3) is 3.40. The lowest BCUT2D eigenvalue weighted by Crippen LogP contribution is -2.40. The summed E-state index contributed by atoms with van der Waals surface area (Å²) in [6, 6.07) is 8.38. The molecular weight excluding hydrogens is 250 g/mol. The molecule has 0 spiro atoms. The summed E-state index contributed by atoms with van der Waals surface area (Å²) in [5.74, 6) is 0.973. The molecule has 2 N–H and O–H groups in total. The second-order valence-corrected chi connectivity index (χ2v) is 6.18. The fourth-order valence-electron chi connectivity index (χ4n) is 2.83. The summed E-state index contributed by atoms with van der Waals surface area (Å²) in [5, 5.41) is 12.2. The number of nitrogens with one attached hydrogen (secondary N) is 1. The Bertz CT molecular complexity index is 470. The van der Waals surface area contributed by atoms with E-state index in [1.165, 1.54) is 11.1 Å². The lowest BCUT2D eigenvalue weighted by atomic mass is 10.00. The molecule has 1 fully saturated rings. The molecule has 1 aromatic carbocycles. The maximum absolute atomic E-state index is 12.3. The van der Waals surface area contributed by atoms with E-state index in [0.717, 1.165) is 6.42 Å². The van der Waals surface area contributed by atoms with Gasteiger partial charge in [-0.3, -0.25) is 4.79 Å². The van der Waals surface area contributed by atoms with Gasteiger partial charge in [0, 0.05) is 18.6 Å². The summed E-state index contributed by atoms with van der Waals surface area (Å²) in [4.78, 5) is 12.3. The molecule has 1 aliphatic carbocycles. The number of hydrogen-bond acceptors (Lipinski definition) is 2. The predicted octanol–water partition coefficient (Wildman–Crippen LogP) is 2.62. The quantitative estimate of drug-likeness (QED) is 0.838. The van der Waals surface area contributed by atoms with Gasteiger partial charge < -0.3 is 10.4 Å². The molecule has 1 aromatic rings. The van der Waals surface area contributed by atoms with Crippen LogP contribution < -0.4 is 5.32 Å². The number of rotatable bonds is 6. The standard InChI is InChI=1S/C17H25NO2/c1-11(2)16(8-9-19)18-17(20)15-10-14(15)13-7-5-4-6-12(13)3/h4-7,11,14-16,19H,8-10H2,1-3H3,(H,18,20). The Kier molecular flexibility index (Phi) is 4.81. The van der Waals surface area contributed by atoms with Crippen LogP contribution in [0.5, 0.6) is 0 Å². The Labute approximate surface area is 121 Å². The molecule has 3 unspecified atom stereocenters. The van der Waals surface area contributed by atoms with Gasteiger partial charge in [0.05, 0.1) is 0 Å². The molecule has 110 valence electrons. The van der Waals surface area contributed by atoms with Gasteiger partial charge in [-0.15, -0.1) is 0 Å². The fraction of sp³-hybridized carbons (Fsp3) is 0.588. The largest absolute Gasteiger partial charge is 0.396 e. The first-order valence-corrected chi connectivity index (χ1v) is 7.51. The molecule has 2 rings (SSSR count). The Balaban J connectivity index is 1.94. The summed E-state index contributed by atoms with van der Waals surface area (Å²) < 4.78 is 0. The van der Waals surface area contributed by atoms with Crippen molar-refractivity contribution in [3.63, 3.8) is 0 Å². The highest BCUT2D eigenvalue weighted by Crippen LogP contribution is 2.48. The zero-order valence-electron chi connectivity index (χ0n) is 12.6. The second kappa shape index (κ2) is 6.40. The maximum atomic E-state index is 12.3. The number of carbonyl (C=O) groups excluding carboxylic acids is 1. The SMILES string of the molecule is Cc1ccccc1C1CC1C(=O)NC(CCO)C(C)C. The first kappa shape index (κ1) is 15.0. The first-order chi connectivity index (χ1) is 9.54. The van der Waals surface area contributed by atoms with E-state index in [-0.39, 0.29) is 24.5 Å². The molecule has 0 heterocycles. The second-order valence-electron chi connectivity index (χ2n) is 6.18. The van der Waals surface area contributed by atoms with Crippen LogP contribution in [0.15, 0.2) is 24.3 Å². The fourth-order valence-corrected chi connectivity index (χ4v) is 2.83. The van der Waals surface area contributed by atoms with Crippen molar-refractivity contribution in [3.05, 3.63) is 35.4 Å².